The summed E-state index contributed by atoms with van der Waals surface area (Å²) in [5.74, 6) is -2.21. The van der Waals surface area contributed by atoms with Crippen molar-refractivity contribution in [2.75, 3.05) is 19.0 Å². The minimum absolute atomic E-state index is 0.0804. The first-order valence-electron chi connectivity index (χ1n) is 8.35. The average molecular weight is 440 g/mol. The van der Waals surface area contributed by atoms with Gasteiger partial charge in [0.05, 0.1) is 6.61 Å². The first kappa shape index (κ1) is 24.5. The van der Waals surface area contributed by atoms with Crippen LogP contribution in [0.15, 0.2) is 0 Å². The lowest BCUT2D eigenvalue weighted by Gasteiger charge is -2.43. The summed E-state index contributed by atoms with van der Waals surface area (Å²) in [6.45, 7) is 4.36. The smallest absolute Gasteiger partial charge is 0.303 e. The summed E-state index contributed by atoms with van der Waals surface area (Å²) >= 11 is 0. The molecule has 0 saturated carbocycles. The fraction of sp³-hybridized carbons (Fsp3) is 0.750. The Morgan fingerprint density at radius 3 is 1.89 bits per heavy atom. The Balaban J connectivity index is 3.21. The number of rotatable bonds is 9. The van der Waals surface area contributed by atoms with Crippen molar-refractivity contribution in [3.05, 3.63) is 0 Å². The van der Waals surface area contributed by atoms with Crippen molar-refractivity contribution in [1.82, 2.24) is 0 Å². The average Bonchev–Trinajstić information content (AvgIpc) is 2.57. The maximum absolute atomic E-state index is 11.6. The van der Waals surface area contributed by atoms with Gasteiger partial charge in [0.1, 0.15) is 12.7 Å². The van der Waals surface area contributed by atoms with Crippen molar-refractivity contribution in [3.8, 4) is 0 Å². The molecule has 1 heterocycles. The number of esters is 4. The van der Waals surface area contributed by atoms with E-state index in [9.17, 15) is 19.2 Å². The number of hydrogen-bond acceptors (Lipinski definition) is 12. The van der Waals surface area contributed by atoms with E-state index in [1.807, 2.05) is 0 Å². The van der Waals surface area contributed by atoms with Gasteiger partial charge in [-0.15, -0.1) is 0 Å². The van der Waals surface area contributed by atoms with Crippen LogP contribution in [0.3, 0.4) is 0 Å². The van der Waals surface area contributed by atoms with Crippen LogP contribution in [0, 0.1) is 0 Å². The molecule has 1 rings (SSSR count). The normalized spacial score (nSPS) is 26.8. The van der Waals surface area contributed by atoms with Gasteiger partial charge in [0.25, 0.3) is 0 Å². The third-order valence-corrected chi connectivity index (χ3v) is 5.82. The standard InChI is InChI=1S/C16H24O10S2/c1-8(18)22-7-12-13(23-9(2)19)14(24-10(3)20)15(25-11(4)21)16(26-12)28-27-6-5-17/h12-17H,5-7H2,1-4H3/t12-,13-,14+,15-,16+/m1/s1. The number of carbonyl (C=O) groups is 4. The fourth-order valence-electron chi connectivity index (χ4n) is 2.42. The van der Waals surface area contributed by atoms with Gasteiger partial charge in [0.2, 0.25) is 0 Å². The zero-order valence-electron chi connectivity index (χ0n) is 15.9. The molecule has 0 aliphatic carbocycles. The van der Waals surface area contributed by atoms with Gasteiger partial charge in [-0.1, -0.05) is 21.6 Å². The van der Waals surface area contributed by atoms with Gasteiger partial charge in [-0.2, -0.15) is 0 Å². The summed E-state index contributed by atoms with van der Waals surface area (Å²) in [6, 6.07) is 0. The molecule has 1 aliphatic rings. The first-order chi connectivity index (χ1) is 13.1. The molecule has 28 heavy (non-hydrogen) atoms. The molecule has 160 valence electrons. The molecule has 1 saturated heterocycles. The molecular weight excluding hydrogens is 416 g/mol. The second-order valence-corrected chi connectivity index (χ2v) is 8.29. The summed E-state index contributed by atoms with van der Waals surface area (Å²) < 4.78 is 26.7. The van der Waals surface area contributed by atoms with E-state index in [0.29, 0.717) is 5.75 Å². The largest absolute Gasteiger partial charge is 0.463 e. The van der Waals surface area contributed by atoms with Crippen LogP contribution >= 0.6 is 21.6 Å². The van der Waals surface area contributed by atoms with E-state index < -0.39 is 53.7 Å². The Bertz CT molecular complexity index is 570. The van der Waals surface area contributed by atoms with Crippen LogP contribution in [0.1, 0.15) is 27.7 Å². The number of aliphatic hydroxyl groups is 1. The van der Waals surface area contributed by atoms with Crippen molar-refractivity contribution in [2.24, 2.45) is 0 Å². The van der Waals surface area contributed by atoms with Gasteiger partial charge in [0.15, 0.2) is 23.7 Å². The first-order valence-corrected chi connectivity index (χ1v) is 10.7. The molecule has 0 amide bonds. The van der Waals surface area contributed by atoms with Gasteiger partial charge < -0.3 is 28.8 Å². The fourth-order valence-corrected chi connectivity index (χ4v) is 4.61. The predicted octanol–water partition coefficient (Wildman–Crippen LogP) is 0.443. The Labute approximate surface area is 170 Å². The highest BCUT2D eigenvalue weighted by Crippen LogP contribution is 2.39. The molecule has 1 aliphatic heterocycles. The van der Waals surface area contributed by atoms with Gasteiger partial charge in [0, 0.05) is 33.4 Å². The van der Waals surface area contributed by atoms with Crippen molar-refractivity contribution in [2.45, 2.75) is 57.5 Å². The van der Waals surface area contributed by atoms with E-state index in [1.165, 1.54) is 24.6 Å². The van der Waals surface area contributed by atoms with Gasteiger partial charge in [-0.3, -0.25) is 19.2 Å². The molecular formula is C16H24O10S2. The number of ether oxygens (including phenoxy) is 5. The van der Waals surface area contributed by atoms with Crippen molar-refractivity contribution in [1.29, 1.82) is 0 Å². The molecule has 0 aromatic carbocycles. The Hall–Kier alpha value is -1.50. The maximum Gasteiger partial charge on any atom is 0.303 e. The number of aliphatic hydroxyl groups excluding tert-OH is 1. The predicted molar refractivity (Wildman–Crippen MR) is 99.1 cm³/mol. The monoisotopic (exact) mass is 440 g/mol. The van der Waals surface area contributed by atoms with Crippen LogP contribution in [0.5, 0.6) is 0 Å². The van der Waals surface area contributed by atoms with Crippen molar-refractivity contribution < 1.29 is 48.0 Å². The summed E-state index contributed by atoms with van der Waals surface area (Å²) in [5, 5.41) is 8.97. The van der Waals surface area contributed by atoms with E-state index >= 15 is 0 Å². The highest BCUT2D eigenvalue weighted by molar-refractivity contribution is 8.76. The van der Waals surface area contributed by atoms with Crippen LogP contribution in [0.4, 0.5) is 0 Å². The lowest BCUT2D eigenvalue weighted by molar-refractivity contribution is -0.237. The van der Waals surface area contributed by atoms with E-state index in [1.54, 1.807) is 0 Å². The Morgan fingerprint density at radius 2 is 1.39 bits per heavy atom. The van der Waals surface area contributed by atoms with Gasteiger partial charge in [-0.05, 0) is 0 Å². The highest BCUT2D eigenvalue weighted by atomic mass is 33.1. The molecule has 12 heteroatoms. The molecule has 1 N–H and O–H groups in total. The van der Waals surface area contributed by atoms with Crippen molar-refractivity contribution in [3.63, 3.8) is 0 Å². The van der Waals surface area contributed by atoms with Crippen LogP contribution in [-0.2, 0) is 42.9 Å². The molecule has 0 radical (unpaired) electrons. The molecule has 5 atom stereocenters. The molecule has 0 bridgehead atoms. The number of hydrogen-bond donors (Lipinski definition) is 1. The topological polar surface area (TPSA) is 135 Å². The molecule has 10 nitrogen and oxygen atoms in total. The lowest BCUT2D eigenvalue weighted by atomic mass is 9.99. The molecule has 1 fully saturated rings. The number of carbonyl (C=O) groups excluding carboxylic acids is 4. The zero-order chi connectivity index (χ0) is 21.3. The molecule has 0 unspecified atom stereocenters. The third kappa shape index (κ3) is 8.25. The Morgan fingerprint density at radius 1 is 0.857 bits per heavy atom. The van der Waals surface area contributed by atoms with Crippen molar-refractivity contribution >= 4 is 45.5 Å². The summed E-state index contributed by atoms with van der Waals surface area (Å²) in [4.78, 5) is 46.0. The molecule has 0 aromatic rings. The minimum Gasteiger partial charge on any atom is -0.463 e. The second kappa shape index (κ2) is 12.1. The third-order valence-electron chi connectivity index (χ3n) is 3.29. The minimum atomic E-state index is -1.17. The quantitative estimate of drug-likeness (QED) is 0.231. The molecule has 0 aromatic heterocycles. The summed E-state index contributed by atoms with van der Waals surface area (Å²) in [6.07, 6.45) is -4.39. The van der Waals surface area contributed by atoms with Crippen LogP contribution in [0.2, 0.25) is 0 Å². The van der Waals surface area contributed by atoms with E-state index in [2.05, 4.69) is 0 Å². The highest BCUT2D eigenvalue weighted by Gasteiger charge is 2.52. The lowest BCUT2D eigenvalue weighted by Crippen LogP contribution is -2.61. The van der Waals surface area contributed by atoms with Crippen LogP contribution < -0.4 is 0 Å². The van der Waals surface area contributed by atoms with E-state index in [4.69, 9.17) is 28.8 Å². The summed E-state index contributed by atoms with van der Waals surface area (Å²) in [7, 11) is 2.39. The maximum atomic E-state index is 11.6. The van der Waals surface area contributed by atoms with E-state index in [0.717, 1.165) is 24.6 Å². The molecule has 0 spiro atoms. The van der Waals surface area contributed by atoms with Crippen LogP contribution in [0.25, 0.3) is 0 Å². The second-order valence-electron chi connectivity index (χ2n) is 5.71. The van der Waals surface area contributed by atoms with Crippen LogP contribution in [-0.4, -0.2) is 77.8 Å². The zero-order valence-corrected chi connectivity index (χ0v) is 17.6. The van der Waals surface area contributed by atoms with Gasteiger partial charge >= 0.3 is 23.9 Å². The SMILES string of the molecule is CC(=O)OC[C@H]1O[C@@H](SSCCO)[C@H](OC(C)=O)[C@@H](OC(C)=O)[C@@H]1OC(C)=O. The Kier molecular flexibility index (Phi) is 10.6. The van der Waals surface area contributed by atoms with Gasteiger partial charge in [-0.25, -0.2) is 0 Å². The van der Waals surface area contributed by atoms with E-state index in [-0.39, 0.29) is 13.2 Å². The summed E-state index contributed by atoms with van der Waals surface area (Å²) in [5.41, 5.74) is -0.836.